The number of methoxy groups -OCH3 is 1. The van der Waals surface area contributed by atoms with Gasteiger partial charge in [0.1, 0.15) is 5.78 Å². The van der Waals surface area contributed by atoms with Crippen LogP contribution in [0.1, 0.15) is 51.4 Å². The van der Waals surface area contributed by atoms with Gasteiger partial charge in [0.2, 0.25) is 0 Å². The zero-order valence-corrected chi connectivity index (χ0v) is 12.1. The first kappa shape index (κ1) is 14.1. The van der Waals surface area contributed by atoms with Crippen LogP contribution >= 0.6 is 0 Å². The predicted molar refractivity (Wildman–Crippen MR) is 73.3 cm³/mol. The maximum atomic E-state index is 13.0. The number of hydrogen-bond acceptors (Lipinski definition) is 3. The summed E-state index contributed by atoms with van der Waals surface area (Å²) in [5.74, 6) is -0.655. The molecule has 1 spiro atoms. The Bertz CT molecular complexity index is 419. The molecule has 0 unspecified atom stereocenters. The highest BCUT2D eigenvalue weighted by Crippen LogP contribution is 2.57. The number of carbonyl (C=O) groups is 2. The summed E-state index contributed by atoms with van der Waals surface area (Å²) in [6.07, 6.45) is 7.04. The lowest BCUT2D eigenvalue weighted by Gasteiger charge is -2.35. The fourth-order valence-electron chi connectivity index (χ4n) is 5.08. The SMILES string of the molecule is CO[C@@H]1CC[C@@]23CCCC[C@H](C[C@H](C(=O)O)C[C@H]12)C3=O. The summed E-state index contributed by atoms with van der Waals surface area (Å²) in [5, 5.41) is 9.46. The first-order valence-electron chi connectivity index (χ1n) is 7.88. The van der Waals surface area contributed by atoms with Gasteiger partial charge in [-0.05, 0) is 44.4 Å². The van der Waals surface area contributed by atoms with Gasteiger partial charge in [0, 0.05) is 18.4 Å². The van der Waals surface area contributed by atoms with Crippen molar-refractivity contribution >= 4 is 11.8 Å². The second-order valence-corrected chi connectivity index (χ2v) is 6.89. The molecular weight excluding hydrogens is 256 g/mol. The first-order chi connectivity index (χ1) is 9.58. The molecular formula is C16H24O4. The van der Waals surface area contributed by atoms with E-state index in [2.05, 4.69) is 0 Å². The summed E-state index contributed by atoms with van der Waals surface area (Å²) < 4.78 is 5.59. The van der Waals surface area contributed by atoms with Gasteiger partial charge in [-0.25, -0.2) is 0 Å². The van der Waals surface area contributed by atoms with Gasteiger partial charge >= 0.3 is 5.97 Å². The number of carboxylic acid groups (broad SMARTS) is 1. The molecule has 3 fully saturated rings. The van der Waals surface area contributed by atoms with Crippen LogP contribution in [0.5, 0.6) is 0 Å². The largest absolute Gasteiger partial charge is 0.481 e. The van der Waals surface area contributed by atoms with Crippen molar-refractivity contribution in [2.75, 3.05) is 7.11 Å². The highest BCUT2D eigenvalue weighted by atomic mass is 16.5. The minimum Gasteiger partial charge on any atom is -0.481 e. The molecule has 4 heteroatoms. The van der Waals surface area contributed by atoms with Gasteiger partial charge in [-0.15, -0.1) is 0 Å². The predicted octanol–water partition coefficient (Wildman–Crippen LogP) is 2.65. The van der Waals surface area contributed by atoms with E-state index in [9.17, 15) is 14.7 Å². The molecule has 4 nitrogen and oxygen atoms in total. The summed E-state index contributed by atoms with van der Waals surface area (Å²) in [4.78, 5) is 24.5. The van der Waals surface area contributed by atoms with Crippen LogP contribution < -0.4 is 0 Å². The Balaban J connectivity index is 2.01. The summed E-state index contributed by atoms with van der Waals surface area (Å²) in [6, 6.07) is 0. The minimum absolute atomic E-state index is 0.0285. The third kappa shape index (κ3) is 2.00. The maximum Gasteiger partial charge on any atom is 0.306 e. The van der Waals surface area contributed by atoms with E-state index in [4.69, 9.17) is 4.74 Å². The van der Waals surface area contributed by atoms with E-state index in [1.165, 1.54) is 0 Å². The van der Waals surface area contributed by atoms with Crippen molar-refractivity contribution < 1.29 is 19.4 Å². The van der Waals surface area contributed by atoms with Gasteiger partial charge in [0.15, 0.2) is 0 Å². The first-order valence-corrected chi connectivity index (χ1v) is 7.88. The molecule has 0 saturated heterocycles. The molecule has 3 rings (SSSR count). The van der Waals surface area contributed by atoms with E-state index in [1.54, 1.807) is 7.11 Å². The number of ketones is 1. The molecule has 5 atom stereocenters. The van der Waals surface area contributed by atoms with Crippen LogP contribution in [-0.2, 0) is 14.3 Å². The Hall–Kier alpha value is -0.900. The van der Waals surface area contributed by atoms with Gasteiger partial charge in [-0.2, -0.15) is 0 Å². The lowest BCUT2D eigenvalue weighted by molar-refractivity contribution is -0.143. The smallest absolute Gasteiger partial charge is 0.306 e. The molecule has 0 aromatic carbocycles. The van der Waals surface area contributed by atoms with E-state index >= 15 is 0 Å². The molecule has 1 N–H and O–H groups in total. The topological polar surface area (TPSA) is 63.6 Å². The average molecular weight is 280 g/mol. The maximum absolute atomic E-state index is 13.0. The highest BCUT2D eigenvalue weighted by molar-refractivity contribution is 5.89. The Kier molecular flexibility index (Phi) is 3.61. The fraction of sp³-hybridized carbons (Fsp3) is 0.875. The summed E-state index contributed by atoms with van der Waals surface area (Å²) >= 11 is 0. The molecule has 20 heavy (non-hydrogen) atoms. The van der Waals surface area contributed by atoms with Crippen molar-refractivity contribution in [1.29, 1.82) is 0 Å². The van der Waals surface area contributed by atoms with E-state index in [1.807, 2.05) is 0 Å². The molecule has 3 aliphatic carbocycles. The van der Waals surface area contributed by atoms with Crippen LogP contribution in [0.25, 0.3) is 0 Å². The monoisotopic (exact) mass is 280 g/mol. The second-order valence-electron chi connectivity index (χ2n) is 6.89. The Morgan fingerprint density at radius 2 is 2.05 bits per heavy atom. The van der Waals surface area contributed by atoms with Gasteiger partial charge in [-0.3, -0.25) is 9.59 Å². The van der Waals surface area contributed by atoms with E-state index in [0.717, 1.165) is 38.5 Å². The number of rotatable bonds is 2. The normalized spacial score (nSPS) is 44.5. The van der Waals surface area contributed by atoms with Crippen molar-refractivity contribution in [1.82, 2.24) is 0 Å². The zero-order chi connectivity index (χ0) is 14.3. The van der Waals surface area contributed by atoms with Gasteiger partial charge in [0.05, 0.1) is 12.0 Å². The number of ether oxygens (including phenoxy) is 1. The van der Waals surface area contributed by atoms with Crippen LogP contribution in [0.15, 0.2) is 0 Å². The molecule has 0 aromatic heterocycles. The molecule has 0 aromatic rings. The van der Waals surface area contributed by atoms with Crippen LogP contribution in [-0.4, -0.2) is 30.1 Å². The van der Waals surface area contributed by atoms with E-state index < -0.39 is 5.97 Å². The average Bonchev–Trinajstić information content (AvgIpc) is 2.65. The summed E-state index contributed by atoms with van der Waals surface area (Å²) in [5.41, 5.74) is -0.272. The second kappa shape index (κ2) is 5.14. The van der Waals surface area contributed by atoms with Gasteiger partial charge in [-0.1, -0.05) is 12.8 Å². The van der Waals surface area contributed by atoms with Crippen LogP contribution in [0.3, 0.4) is 0 Å². The van der Waals surface area contributed by atoms with Crippen molar-refractivity contribution in [2.45, 2.75) is 57.5 Å². The quantitative estimate of drug-likeness (QED) is 0.844. The number of carboxylic acids is 1. The van der Waals surface area contributed by atoms with Gasteiger partial charge in [0.25, 0.3) is 0 Å². The molecule has 0 amide bonds. The molecule has 0 heterocycles. The highest BCUT2D eigenvalue weighted by Gasteiger charge is 2.57. The number of aliphatic carboxylic acids is 1. The Labute approximate surface area is 119 Å². The fourth-order valence-corrected chi connectivity index (χ4v) is 5.08. The van der Waals surface area contributed by atoms with Crippen molar-refractivity contribution in [3.05, 3.63) is 0 Å². The summed E-state index contributed by atoms with van der Waals surface area (Å²) in [7, 11) is 1.70. The molecule has 3 saturated carbocycles. The third-order valence-corrected chi connectivity index (χ3v) is 6.08. The number of carbonyl (C=O) groups excluding carboxylic acids is 1. The molecule has 2 bridgehead atoms. The minimum atomic E-state index is -0.735. The molecule has 0 aliphatic heterocycles. The van der Waals surface area contributed by atoms with Crippen LogP contribution in [0.4, 0.5) is 0 Å². The van der Waals surface area contributed by atoms with Crippen molar-refractivity contribution in [3.63, 3.8) is 0 Å². The Morgan fingerprint density at radius 3 is 2.75 bits per heavy atom. The lowest BCUT2D eigenvalue weighted by atomic mass is 9.69. The van der Waals surface area contributed by atoms with Crippen LogP contribution in [0, 0.1) is 23.2 Å². The van der Waals surface area contributed by atoms with Crippen molar-refractivity contribution in [2.24, 2.45) is 23.2 Å². The van der Waals surface area contributed by atoms with E-state index in [-0.39, 0.29) is 29.3 Å². The number of fused-ring (bicyclic) bond motifs is 1. The lowest BCUT2D eigenvalue weighted by Crippen LogP contribution is -2.39. The van der Waals surface area contributed by atoms with Crippen molar-refractivity contribution in [3.8, 4) is 0 Å². The van der Waals surface area contributed by atoms with E-state index in [0.29, 0.717) is 18.6 Å². The molecule has 0 radical (unpaired) electrons. The number of hydrogen-bond donors (Lipinski definition) is 1. The molecule has 3 aliphatic rings. The standard InChI is InChI=1S/C16H24O4/c1-20-13-5-7-16-6-3-2-4-10(14(16)17)8-11(15(18)19)9-12(13)16/h10-13H,2-9H2,1H3,(H,18,19)/t10-,11+,12-,13-,16+/m1/s1. The summed E-state index contributed by atoms with van der Waals surface area (Å²) in [6.45, 7) is 0. The molecule has 112 valence electrons. The number of Topliss-reactive ketones (excluding diaryl/α,β-unsaturated/α-hetero) is 1. The third-order valence-electron chi connectivity index (χ3n) is 6.08. The zero-order valence-electron chi connectivity index (χ0n) is 12.1. The Morgan fingerprint density at radius 1 is 1.25 bits per heavy atom. The van der Waals surface area contributed by atoms with Crippen LogP contribution in [0.2, 0.25) is 0 Å². The van der Waals surface area contributed by atoms with Gasteiger partial charge < -0.3 is 9.84 Å².